The molecule has 1 fully saturated rings. The van der Waals surface area contributed by atoms with Gasteiger partial charge in [-0.05, 0) is 24.6 Å². The fraction of sp³-hybridized carbons (Fsp3) is 0.381. The predicted octanol–water partition coefficient (Wildman–Crippen LogP) is 4.31. The molecule has 142 valence electrons. The zero-order valence-corrected chi connectivity index (χ0v) is 15.4. The lowest BCUT2D eigenvalue weighted by atomic mass is 10.1. The Labute approximate surface area is 158 Å². The molecule has 4 rings (SSSR count). The molecule has 0 bridgehead atoms. The maximum atomic E-state index is 13.7. The SMILES string of the molecule is CC(c1nc2ccccc2n1C(F)F)N1CCN(Cc2ccccc2)CC1. The molecule has 0 radical (unpaired) electrons. The number of para-hydroxylation sites is 2. The second-order valence-corrected chi connectivity index (χ2v) is 7.08. The van der Waals surface area contributed by atoms with Crippen LogP contribution in [0.2, 0.25) is 0 Å². The molecular weight excluding hydrogens is 346 g/mol. The Bertz CT molecular complexity index is 886. The number of nitrogens with zero attached hydrogens (tertiary/aromatic N) is 4. The molecule has 4 nitrogen and oxygen atoms in total. The molecule has 3 aromatic rings. The summed E-state index contributed by atoms with van der Waals surface area (Å²) in [5, 5.41) is 0. The zero-order valence-electron chi connectivity index (χ0n) is 15.4. The summed E-state index contributed by atoms with van der Waals surface area (Å²) in [6.45, 7) is 3.86. The van der Waals surface area contributed by atoms with Gasteiger partial charge >= 0.3 is 6.55 Å². The van der Waals surface area contributed by atoms with E-state index in [2.05, 4.69) is 39.0 Å². The first-order valence-electron chi connectivity index (χ1n) is 9.39. The molecule has 0 N–H and O–H groups in total. The van der Waals surface area contributed by atoms with Crippen molar-refractivity contribution in [3.05, 3.63) is 66.0 Å². The van der Waals surface area contributed by atoms with Crippen LogP contribution in [0.3, 0.4) is 0 Å². The molecule has 2 heterocycles. The first-order valence-corrected chi connectivity index (χ1v) is 9.39. The third-order valence-electron chi connectivity index (χ3n) is 5.40. The lowest BCUT2D eigenvalue weighted by molar-refractivity contribution is 0.0558. The van der Waals surface area contributed by atoms with Crippen molar-refractivity contribution in [3.8, 4) is 0 Å². The topological polar surface area (TPSA) is 24.3 Å². The predicted molar refractivity (Wildman–Crippen MR) is 103 cm³/mol. The number of rotatable bonds is 5. The molecule has 6 heteroatoms. The molecule has 1 saturated heterocycles. The largest absolute Gasteiger partial charge is 0.320 e. The maximum absolute atomic E-state index is 13.7. The Kier molecular flexibility index (Phi) is 5.18. The summed E-state index contributed by atoms with van der Waals surface area (Å²) in [4.78, 5) is 9.19. The van der Waals surface area contributed by atoms with Gasteiger partial charge in [0, 0.05) is 32.7 Å². The molecule has 1 aliphatic heterocycles. The third kappa shape index (κ3) is 3.73. The molecule has 1 aromatic heterocycles. The number of aromatic nitrogens is 2. The van der Waals surface area contributed by atoms with Crippen molar-refractivity contribution in [3.63, 3.8) is 0 Å². The zero-order chi connectivity index (χ0) is 18.8. The summed E-state index contributed by atoms with van der Waals surface area (Å²) < 4.78 is 28.5. The van der Waals surface area contributed by atoms with Crippen LogP contribution in [-0.2, 0) is 6.54 Å². The Morgan fingerprint density at radius 2 is 1.59 bits per heavy atom. The van der Waals surface area contributed by atoms with Gasteiger partial charge in [-0.25, -0.2) is 4.98 Å². The first-order chi connectivity index (χ1) is 13.1. The average molecular weight is 370 g/mol. The fourth-order valence-electron chi connectivity index (χ4n) is 3.88. The minimum Gasteiger partial charge on any atom is -0.297 e. The van der Waals surface area contributed by atoms with Crippen molar-refractivity contribution in [1.29, 1.82) is 0 Å². The highest BCUT2D eigenvalue weighted by Crippen LogP contribution is 2.29. The summed E-state index contributed by atoms with van der Waals surface area (Å²) in [7, 11) is 0. The van der Waals surface area contributed by atoms with E-state index in [0.717, 1.165) is 37.3 Å². The van der Waals surface area contributed by atoms with Crippen LogP contribution < -0.4 is 0 Å². The summed E-state index contributed by atoms with van der Waals surface area (Å²) in [5.74, 6) is 0.447. The van der Waals surface area contributed by atoms with Gasteiger partial charge in [-0.1, -0.05) is 42.5 Å². The smallest absolute Gasteiger partial charge is 0.297 e. The second kappa shape index (κ2) is 7.74. The summed E-state index contributed by atoms with van der Waals surface area (Å²) in [6, 6.07) is 17.4. The van der Waals surface area contributed by atoms with E-state index in [0.29, 0.717) is 16.9 Å². The van der Waals surface area contributed by atoms with Crippen molar-refractivity contribution in [2.75, 3.05) is 26.2 Å². The van der Waals surface area contributed by atoms with Crippen molar-refractivity contribution in [2.24, 2.45) is 0 Å². The number of halogens is 2. The van der Waals surface area contributed by atoms with Gasteiger partial charge in [-0.3, -0.25) is 14.4 Å². The molecular formula is C21H24F2N4. The van der Waals surface area contributed by atoms with E-state index < -0.39 is 6.55 Å². The lowest BCUT2D eigenvalue weighted by Gasteiger charge is -2.37. The highest BCUT2D eigenvalue weighted by atomic mass is 19.3. The fourth-order valence-corrected chi connectivity index (χ4v) is 3.88. The Hall–Kier alpha value is -2.31. The Morgan fingerprint density at radius 1 is 0.926 bits per heavy atom. The van der Waals surface area contributed by atoms with E-state index in [1.54, 1.807) is 18.2 Å². The first kappa shape index (κ1) is 18.1. The number of alkyl halides is 2. The quantitative estimate of drug-likeness (QED) is 0.669. The molecule has 1 aliphatic rings. The molecule has 0 amide bonds. The lowest BCUT2D eigenvalue weighted by Crippen LogP contribution is -2.47. The number of hydrogen-bond donors (Lipinski definition) is 0. The standard InChI is InChI=1S/C21H24F2N4/c1-16(20-24-18-9-5-6-10-19(18)27(20)21(22)23)26-13-11-25(12-14-26)15-17-7-3-2-4-8-17/h2-10,16,21H,11-15H2,1H3. The second-order valence-electron chi connectivity index (χ2n) is 7.08. The van der Waals surface area contributed by atoms with Gasteiger partial charge in [0.25, 0.3) is 0 Å². The number of imidazole rings is 1. The van der Waals surface area contributed by atoms with Crippen LogP contribution in [0.5, 0.6) is 0 Å². The molecule has 0 spiro atoms. The van der Waals surface area contributed by atoms with Crippen LogP contribution in [0.4, 0.5) is 8.78 Å². The van der Waals surface area contributed by atoms with E-state index >= 15 is 0 Å². The molecule has 1 atom stereocenters. The number of piperazine rings is 1. The summed E-state index contributed by atoms with van der Waals surface area (Å²) in [5.41, 5.74) is 2.43. The van der Waals surface area contributed by atoms with Gasteiger partial charge in [-0.2, -0.15) is 8.78 Å². The van der Waals surface area contributed by atoms with E-state index in [-0.39, 0.29) is 6.04 Å². The van der Waals surface area contributed by atoms with Crippen molar-refractivity contribution >= 4 is 11.0 Å². The van der Waals surface area contributed by atoms with Crippen LogP contribution in [0, 0.1) is 0 Å². The number of hydrogen-bond acceptors (Lipinski definition) is 3. The van der Waals surface area contributed by atoms with Crippen molar-refractivity contribution < 1.29 is 8.78 Å². The molecule has 1 unspecified atom stereocenters. The van der Waals surface area contributed by atoms with E-state index in [1.165, 1.54) is 5.56 Å². The minimum absolute atomic E-state index is 0.148. The van der Waals surface area contributed by atoms with Crippen LogP contribution in [0.1, 0.15) is 30.9 Å². The van der Waals surface area contributed by atoms with Crippen LogP contribution in [-0.4, -0.2) is 45.5 Å². The molecule has 2 aromatic carbocycles. The van der Waals surface area contributed by atoms with Crippen molar-refractivity contribution in [1.82, 2.24) is 19.4 Å². The number of fused-ring (bicyclic) bond motifs is 1. The average Bonchev–Trinajstić information content (AvgIpc) is 3.09. The highest BCUT2D eigenvalue weighted by Gasteiger charge is 2.28. The monoisotopic (exact) mass is 370 g/mol. The molecule has 0 aliphatic carbocycles. The Morgan fingerprint density at radius 3 is 2.30 bits per heavy atom. The molecule has 27 heavy (non-hydrogen) atoms. The van der Waals surface area contributed by atoms with Gasteiger partial charge < -0.3 is 0 Å². The van der Waals surface area contributed by atoms with Gasteiger partial charge in [0.05, 0.1) is 17.1 Å². The van der Waals surface area contributed by atoms with Gasteiger partial charge in [0.2, 0.25) is 0 Å². The maximum Gasteiger partial charge on any atom is 0.320 e. The highest BCUT2D eigenvalue weighted by molar-refractivity contribution is 5.76. The van der Waals surface area contributed by atoms with E-state index in [4.69, 9.17) is 0 Å². The molecule has 0 saturated carbocycles. The van der Waals surface area contributed by atoms with Crippen LogP contribution in [0.15, 0.2) is 54.6 Å². The van der Waals surface area contributed by atoms with E-state index in [9.17, 15) is 8.78 Å². The van der Waals surface area contributed by atoms with Gasteiger partial charge in [-0.15, -0.1) is 0 Å². The Balaban J connectivity index is 1.47. The van der Waals surface area contributed by atoms with Crippen LogP contribution in [0.25, 0.3) is 11.0 Å². The third-order valence-corrected chi connectivity index (χ3v) is 5.40. The van der Waals surface area contributed by atoms with Gasteiger partial charge in [0.15, 0.2) is 0 Å². The minimum atomic E-state index is -2.59. The van der Waals surface area contributed by atoms with Crippen molar-refractivity contribution in [2.45, 2.75) is 26.1 Å². The normalized spacial score (nSPS) is 17.6. The van der Waals surface area contributed by atoms with Crippen LogP contribution >= 0.6 is 0 Å². The summed E-state index contributed by atoms with van der Waals surface area (Å²) >= 11 is 0. The van der Waals surface area contributed by atoms with Gasteiger partial charge in [0.1, 0.15) is 5.82 Å². The van der Waals surface area contributed by atoms with E-state index in [1.807, 2.05) is 19.1 Å². The number of benzene rings is 2. The summed E-state index contributed by atoms with van der Waals surface area (Å²) in [6.07, 6.45) is 0.